The van der Waals surface area contributed by atoms with Crippen LogP contribution in [-0.4, -0.2) is 13.1 Å². The van der Waals surface area contributed by atoms with Gasteiger partial charge < -0.3 is 4.74 Å². The van der Waals surface area contributed by atoms with E-state index >= 15 is 0 Å². The summed E-state index contributed by atoms with van der Waals surface area (Å²) in [6.45, 7) is 1.78. The number of benzene rings is 2. The van der Waals surface area contributed by atoms with Gasteiger partial charge in [0.1, 0.15) is 6.04 Å². The molecule has 0 aliphatic rings. The van der Waals surface area contributed by atoms with Gasteiger partial charge in [-0.25, -0.2) is 4.79 Å². The summed E-state index contributed by atoms with van der Waals surface area (Å²) in [7, 11) is 1.29. The second kappa shape index (κ2) is 7.49. The van der Waals surface area contributed by atoms with Crippen LogP contribution in [-0.2, 0) is 15.7 Å². The number of hydrogen-bond acceptors (Lipinski definition) is 3. The molecule has 0 amide bonds. The normalized spacial score (nSPS) is 14.0. The summed E-state index contributed by atoms with van der Waals surface area (Å²) in [5.74, 6) is -0.458. The summed E-state index contributed by atoms with van der Waals surface area (Å²) in [5, 5.41) is 3.10. The lowest BCUT2D eigenvalue weighted by Gasteiger charge is -2.22. The number of hydrogen-bond donors (Lipinski definition) is 1. The molecule has 0 spiro atoms. The van der Waals surface area contributed by atoms with Crippen LogP contribution in [0, 0.1) is 0 Å². The molecule has 128 valence electrons. The van der Waals surface area contributed by atoms with Gasteiger partial charge in [-0.05, 0) is 30.2 Å². The second-order valence-corrected chi connectivity index (χ2v) is 5.37. The third-order valence-electron chi connectivity index (χ3n) is 3.72. The highest BCUT2D eigenvalue weighted by atomic mass is 19.4. The molecule has 0 saturated carbocycles. The first-order valence-electron chi connectivity index (χ1n) is 7.39. The monoisotopic (exact) mass is 337 g/mol. The Hall–Kier alpha value is -2.34. The molecule has 6 heteroatoms. The molecule has 0 aromatic heterocycles. The quantitative estimate of drug-likeness (QED) is 0.828. The Morgan fingerprint density at radius 2 is 1.58 bits per heavy atom. The summed E-state index contributed by atoms with van der Waals surface area (Å²) in [5.41, 5.74) is 0.668. The average Bonchev–Trinajstić information content (AvgIpc) is 2.59. The second-order valence-electron chi connectivity index (χ2n) is 5.37. The molecule has 0 heterocycles. The number of ether oxygens (including phenoxy) is 1. The third-order valence-corrected chi connectivity index (χ3v) is 3.72. The van der Waals surface area contributed by atoms with E-state index in [1.165, 1.54) is 19.2 Å². The molecule has 2 aromatic carbocycles. The molecule has 1 N–H and O–H groups in total. The number of nitrogens with one attached hydrogen (secondary N) is 1. The van der Waals surface area contributed by atoms with E-state index in [1.807, 2.05) is 6.07 Å². The number of esters is 1. The molecule has 0 bridgehead atoms. The maximum atomic E-state index is 12.6. The summed E-state index contributed by atoms with van der Waals surface area (Å²) in [4.78, 5) is 12.0. The lowest BCUT2D eigenvalue weighted by Crippen LogP contribution is -2.31. The number of halogens is 3. The molecule has 0 aliphatic carbocycles. The van der Waals surface area contributed by atoms with Gasteiger partial charge in [-0.2, -0.15) is 13.2 Å². The Morgan fingerprint density at radius 3 is 2.08 bits per heavy atom. The van der Waals surface area contributed by atoms with Crippen molar-refractivity contribution in [3.63, 3.8) is 0 Å². The Labute approximate surface area is 138 Å². The Kier molecular flexibility index (Phi) is 5.62. The van der Waals surface area contributed by atoms with Crippen molar-refractivity contribution in [1.82, 2.24) is 5.32 Å². The van der Waals surface area contributed by atoms with Crippen molar-refractivity contribution in [2.24, 2.45) is 0 Å². The first-order chi connectivity index (χ1) is 11.3. The fourth-order valence-electron chi connectivity index (χ4n) is 2.37. The van der Waals surface area contributed by atoms with Crippen molar-refractivity contribution in [2.75, 3.05) is 7.11 Å². The Balaban J connectivity index is 2.18. The molecular weight excluding hydrogens is 319 g/mol. The van der Waals surface area contributed by atoms with E-state index in [1.54, 1.807) is 31.2 Å². The molecule has 2 atom stereocenters. The van der Waals surface area contributed by atoms with E-state index in [-0.39, 0.29) is 6.04 Å². The van der Waals surface area contributed by atoms with Crippen molar-refractivity contribution in [1.29, 1.82) is 0 Å². The number of alkyl halides is 3. The summed E-state index contributed by atoms with van der Waals surface area (Å²) >= 11 is 0. The predicted octanol–water partition coefficient (Wildman–Crippen LogP) is 4.27. The van der Waals surface area contributed by atoms with Crippen molar-refractivity contribution in [2.45, 2.75) is 25.2 Å². The van der Waals surface area contributed by atoms with Crippen LogP contribution in [0.1, 0.15) is 35.7 Å². The largest absolute Gasteiger partial charge is 0.468 e. The smallest absolute Gasteiger partial charge is 0.416 e. The molecule has 0 radical (unpaired) electrons. The molecular formula is C18H18F3NO2. The lowest BCUT2D eigenvalue weighted by atomic mass is 10.0. The number of methoxy groups -OCH3 is 1. The van der Waals surface area contributed by atoms with Gasteiger partial charge in [-0.3, -0.25) is 5.32 Å². The molecule has 0 fully saturated rings. The van der Waals surface area contributed by atoms with Gasteiger partial charge >= 0.3 is 12.1 Å². The lowest BCUT2D eigenvalue weighted by molar-refractivity contribution is -0.143. The van der Waals surface area contributed by atoms with Gasteiger partial charge in [-0.1, -0.05) is 42.5 Å². The zero-order chi connectivity index (χ0) is 17.7. The highest BCUT2D eigenvalue weighted by Crippen LogP contribution is 2.30. The molecule has 0 saturated heterocycles. The van der Waals surface area contributed by atoms with E-state index in [9.17, 15) is 18.0 Å². The fraction of sp³-hybridized carbons (Fsp3) is 0.278. The molecule has 2 rings (SSSR count). The summed E-state index contributed by atoms with van der Waals surface area (Å²) in [6.07, 6.45) is -4.37. The Morgan fingerprint density at radius 1 is 1.00 bits per heavy atom. The maximum absolute atomic E-state index is 12.6. The highest BCUT2D eigenvalue weighted by molar-refractivity contribution is 5.77. The van der Waals surface area contributed by atoms with Gasteiger partial charge in [0.25, 0.3) is 0 Å². The van der Waals surface area contributed by atoms with Crippen LogP contribution >= 0.6 is 0 Å². The van der Waals surface area contributed by atoms with E-state index in [0.717, 1.165) is 17.7 Å². The minimum absolute atomic E-state index is 0.336. The van der Waals surface area contributed by atoms with Crippen molar-refractivity contribution in [3.8, 4) is 0 Å². The van der Waals surface area contributed by atoms with E-state index in [2.05, 4.69) is 5.32 Å². The van der Waals surface area contributed by atoms with Crippen LogP contribution in [0.5, 0.6) is 0 Å². The average molecular weight is 337 g/mol. The topological polar surface area (TPSA) is 38.3 Å². The van der Waals surface area contributed by atoms with Crippen LogP contribution in [0.25, 0.3) is 0 Å². The number of carbonyl (C=O) groups is 1. The van der Waals surface area contributed by atoms with Crippen LogP contribution in [0.4, 0.5) is 13.2 Å². The van der Waals surface area contributed by atoms with E-state index < -0.39 is 23.8 Å². The number of rotatable bonds is 5. The van der Waals surface area contributed by atoms with Crippen LogP contribution in [0.15, 0.2) is 54.6 Å². The zero-order valence-electron chi connectivity index (χ0n) is 13.3. The van der Waals surface area contributed by atoms with Gasteiger partial charge in [0.15, 0.2) is 0 Å². The first kappa shape index (κ1) is 18.0. The standard InChI is InChI=1S/C18H18F3NO2/c1-12(13-8-10-15(11-9-13)18(19,20)21)22-16(17(23)24-2)14-6-4-3-5-7-14/h3-12,16,22H,1-2H3/t12-,16-/m0/s1. The molecule has 2 aromatic rings. The van der Waals surface area contributed by atoms with E-state index in [4.69, 9.17) is 4.74 Å². The minimum Gasteiger partial charge on any atom is -0.468 e. The predicted molar refractivity (Wildman–Crippen MR) is 84.2 cm³/mol. The summed E-state index contributed by atoms with van der Waals surface area (Å²) in [6, 6.07) is 12.8. The van der Waals surface area contributed by atoms with Crippen molar-refractivity contribution < 1.29 is 22.7 Å². The SMILES string of the molecule is COC(=O)[C@@H](N[C@@H](C)c1ccc(C(F)(F)F)cc1)c1ccccc1. The fourth-order valence-corrected chi connectivity index (χ4v) is 2.37. The molecule has 24 heavy (non-hydrogen) atoms. The third kappa shape index (κ3) is 4.35. The van der Waals surface area contributed by atoms with Gasteiger partial charge in [-0.15, -0.1) is 0 Å². The molecule has 0 aliphatic heterocycles. The zero-order valence-corrected chi connectivity index (χ0v) is 13.3. The maximum Gasteiger partial charge on any atom is 0.416 e. The minimum atomic E-state index is -4.37. The van der Waals surface area contributed by atoms with Crippen molar-refractivity contribution in [3.05, 3.63) is 71.3 Å². The highest BCUT2D eigenvalue weighted by Gasteiger charge is 2.30. The van der Waals surface area contributed by atoms with Gasteiger partial charge in [0, 0.05) is 6.04 Å². The van der Waals surface area contributed by atoms with Gasteiger partial charge in [0.05, 0.1) is 12.7 Å². The summed E-state index contributed by atoms with van der Waals surface area (Å²) < 4.78 is 42.7. The van der Waals surface area contributed by atoms with E-state index in [0.29, 0.717) is 5.56 Å². The first-order valence-corrected chi connectivity index (χ1v) is 7.39. The van der Waals surface area contributed by atoms with Crippen molar-refractivity contribution >= 4 is 5.97 Å². The van der Waals surface area contributed by atoms with Crippen LogP contribution in [0.2, 0.25) is 0 Å². The molecule has 0 unspecified atom stereocenters. The van der Waals surface area contributed by atoms with Crippen LogP contribution in [0.3, 0.4) is 0 Å². The Bertz CT molecular complexity index is 669. The molecule has 3 nitrogen and oxygen atoms in total. The van der Waals surface area contributed by atoms with Crippen LogP contribution < -0.4 is 5.32 Å². The van der Waals surface area contributed by atoms with Gasteiger partial charge in [0.2, 0.25) is 0 Å². The number of carbonyl (C=O) groups excluding carboxylic acids is 1.